The molecule has 0 spiro atoms. The number of aromatic nitrogens is 1. The lowest BCUT2D eigenvalue weighted by Gasteiger charge is -2.23. The summed E-state index contributed by atoms with van der Waals surface area (Å²) in [4.78, 5) is 8.64. The normalized spacial score (nSPS) is 12.6. The van der Waals surface area contributed by atoms with E-state index in [0.29, 0.717) is 5.92 Å². The van der Waals surface area contributed by atoms with Gasteiger partial charge in [0.2, 0.25) is 0 Å². The Morgan fingerprint density at radius 3 is 2.67 bits per heavy atom. The van der Waals surface area contributed by atoms with Crippen LogP contribution in [0, 0.1) is 5.92 Å². The zero-order valence-electron chi connectivity index (χ0n) is 14.2. The van der Waals surface area contributed by atoms with Crippen molar-refractivity contribution >= 4 is 16.5 Å². The van der Waals surface area contributed by atoms with E-state index in [2.05, 4.69) is 37.9 Å². The van der Waals surface area contributed by atoms with Crippen LogP contribution >= 0.6 is 11.3 Å². The van der Waals surface area contributed by atoms with Gasteiger partial charge in [0.25, 0.3) is 0 Å². The standard InChI is InChI=1S/C16H31N3OS/c1-6-13(4)12-19(8-3)16-18-14(7-2)15(21-16)11-17-9-10-20-5/h13,17H,6-12H2,1-5H3. The van der Waals surface area contributed by atoms with Gasteiger partial charge in [0.05, 0.1) is 12.3 Å². The SMILES string of the molecule is CCc1nc(N(CC)CC(C)CC)sc1CNCCOC. The molecule has 0 radical (unpaired) electrons. The van der Waals surface area contributed by atoms with Gasteiger partial charge in [-0.05, 0) is 19.3 Å². The van der Waals surface area contributed by atoms with Crippen LogP contribution < -0.4 is 10.2 Å². The second-order valence-corrected chi connectivity index (χ2v) is 6.50. The Labute approximate surface area is 133 Å². The highest BCUT2D eigenvalue weighted by Gasteiger charge is 2.15. The first-order valence-electron chi connectivity index (χ1n) is 8.09. The molecule has 4 nitrogen and oxygen atoms in total. The number of hydrogen-bond donors (Lipinski definition) is 1. The average molecular weight is 314 g/mol. The van der Waals surface area contributed by atoms with Crippen LogP contribution in [0.25, 0.3) is 0 Å². The second kappa shape index (κ2) is 10.1. The van der Waals surface area contributed by atoms with Crippen molar-refractivity contribution in [3.8, 4) is 0 Å². The molecule has 1 heterocycles. The molecule has 0 amide bonds. The molecule has 1 aromatic heterocycles. The maximum atomic E-state index is 5.07. The molecular formula is C16H31N3OS. The molecule has 1 unspecified atom stereocenters. The Morgan fingerprint density at radius 1 is 1.33 bits per heavy atom. The fraction of sp³-hybridized carbons (Fsp3) is 0.812. The molecule has 1 rings (SSSR count). The molecule has 0 saturated carbocycles. The number of methoxy groups -OCH3 is 1. The van der Waals surface area contributed by atoms with Gasteiger partial charge in [-0.15, -0.1) is 11.3 Å². The van der Waals surface area contributed by atoms with Crippen molar-refractivity contribution in [2.75, 3.05) is 38.3 Å². The maximum absolute atomic E-state index is 5.07. The molecule has 1 aromatic rings. The van der Waals surface area contributed by atoms with Crippen molar-refractivity contribution < 1.29 is 4.74 Å². The first-order valence-corrected chi connectivity index (χ1v) is 8.90. The summed E-state index contributed by atoms with van der Waals surface area (Å²) in [5.74, 6) is 0.710. The van der Waals surface area contributed by atoms with Crippen molar-refractivity contribution in [2.45, 2.75) is 47.1 Å². The van der Waals surface area contributed by atoms with Crippen molar-refractivity contribution in [2.24, 2.45) is 5.92 Å². The van der Waals surface area contributed by atoms with E-state index in [-0.39, 0.29) is 0 Å². The number of rotatable bonds is 11. The number of nitrogens with one attached hydrogen (secondary N) is 1. The summed E-state index contributed by atoms with van der Waals surface area (Å²) < 4.78 is 5.07. The third-order valence-electron chi connectivity index (χ3n) is 3.75. The molecule has 0 aliphatic heterocycles. The van der Waals surface area contributed by atoms with E-state index in [9.17, 15) is 0 Å². The lowest BCUT2D eigenvalue weighted by molar-refractivity contribution is 0.199. The van der Waals surface area contributed by atoms with Crippen molar-refractivity contribution in [1.82, 2.24) is 10.3 Å². The van der Waals surface area contributed by atoms with Crippen LogP contribution in [0.4, 0.5) is 5.13 Å². The first kappa shape index (κ1) is 18.4. The first-order chi connectivity index (χ1) is 10.2. The molecule has 5 heteroatoms. The van der Waals surface area contributed by atoms with Gasteiger partial charge >= 0.3 is 0 Å². The summed E-state index contributed by atoms with van der Waals surface area (Å²) in [6, 6.07) is 0. The molecule has 122 valence electrons. The number of ether oxygens (including phenoxy) is 1. The number of anilines is 1. The third-order valence-corrected chi connectivity index (χ3v) is 4.91. The summed E-state index contributed by atoms with van der Waals surface area (Å²) in [6.07, 6.45) is 2.21. The molecule has 1 atom stereocenters. The number of hydrogen-bond acceptors (Lipinski definition) is 5. The average Bonchev–Trinajstić information content (AvgIpc) is 2.91. The number of thiazole rings is 1. The Morgan fingerprint density at radius 2 is 2.10 bits per heavy atom. The van der Waals surface area contributed by atoms with Gasteiger partial charge in [-0.1, -0.05) is 27.2 Å². The molecule has 0 aliphatic carbocycles. The van der Waals surface area contributed by atoms with Crippen LogP contribution in [0.15, 0.2) is 0 Å². The molecule has 0 aliphatic rings. The molecule has 1 N–H and O–H groups in total. The summed E-state index contributed by atoms with van der Waals surface area (Å²) in [7, 11) is 1.73. The van der Waals surface area contributed by atoms with Gasteiger partial charge in [-0.25, -0.2) is 4.98 Å². The Balaban J connectivity index is 2.71. The monoisotopic (exact) mass is 313 g/mol. The molecular weight excluding hydrogens is 282 g/mol. The second-order valence-electron chi connectivity index (χ2n) is 5.44. The smallest absolute Gasteiger partial charge is 0.185 e. The quantitative estimate of drug-likeness (QED) is 0.636. The highest BCUT2D eigenvalue weighted by atomic mass is 32.1. The predicted molar refractivity (Wildman–Crippen MR) is 92.4 cm³/mol. The van der Waals surface area contributed by atoms with E-state index >= 15 is 0 Å². The summed E-state index contributed by atoms with van der Waals surface area (Å²) in [5, 5.41) is 4.61. The topological polar surface area (TPSA) is 37.4 Å². The minimum absolute atomic E-state index is 0.710. The largest absolute Gasteiger partial charge is 0.383 e. The van der Waals surface area contributed by atoms with Crippen LogP contribution in [0.2, 0.25) is 0 Å². The van der Waals surface area contributed by atoms with E-state index in [1.165, 1.54) is 22.1 Å². The maximum Gasteiger partial charge on any atom is 0.185 e. The summed E-state index contributed by atoms with van der Waals surface area (Å²) >= 11 is 1.84. The third kappa shape index (κ3) is 5.93. The van der Waals surface area contributed by atoms with Gasteiger partial charge in [0, 0.05) is 38.2 Å². The summed E-state index contributed by atoms with van der Waals surface area (Å²) in [5.41, 5.74) is 1.24. The van der Waals surface area contributed by atoms with E-state index in [4.69, 9.17) is 9.72 Å². The van der Waals surface area contributed by atoms with Crippen LogP contribution in [0.3, 0.4) is 0 Å². The fourth-order valence-corrected chi connectivity index (χ4v) is 3.33. The number of nitrogens with zero attached hydrogens (tertiary/aromatic N) is 2. The van der Waals surface area contributed by atoms with E-state index in [1.807, 2.05) is 11.3 Å². The molecule has 0 fully saturated rings. The van der Waals surface area contributed by atoms with Crippen LogP contribution in [0.1, 0.15) is 44.7 Å². The Hall–Kier alpha value is -0.650. The van der Waals surface area contributed by atoms with Gasteiger partial charge in [0.15, 0.2) is 5.13 Å². The van der Waals surface area contributed by atoms with Gasteiger partial charge in [0.1, 0.15) is 0 Å². The van der Waals surface area contributed by atoms with Crippen LogP contribution in [0.5, 0.6) is 0 Å². The van der Waals surface area contributed by atoms with Crippen LogP contribution in [-0.4, -0.2) is 38.3 Å². The minimum Gasteiger partial charge on any atom is -0.383 e. The molecule has 21 heavy (non-hydrogen) atoms. The van der Waals surface area contributed by atoms with Crippen molar-refractivity contribution in [3.05, 3.63) is 10.6 Å². The zero-order valence-corrected chi connectivity index (χ0v) is 15.1. The predicted octanol–water partition coefficient (Wildman–Crippen LogP) is 3.31. The lowest BCUT2D eigenvalue weighted by atomic mass is 10.1. The summed E-state index contributed by atoms with van der Waals surface area (Å²) in [6.45, 7) is 13.6. The van der Waals surface area contributed by atoms with E-state index < -0.39 is 0 Å². The molecule has 0 saturated heterocycles. The van der Waals surface area contributed by atoms with Gasteiger partial charge in [-0.3, -0.25) is 0 Å². The molecule has 0 bridgehead atoms. The number of aryl methyl sites for hydroxylation is 1. The zero-order chi connectivity index (χ0) is 15.7. The fourth-order valence-electron chi connectivity index (χ4n) is 2.14. The van der Waals surface area contributed by atoms with E-state index in [0.717, 1.165) is 39.2 Å². The highest BCUT2D eigenvalue weighted by Crippen LogP contribution is 2.27. The van der Waals surface area contributed by atoms with Gasteiger partial charge < -0.3 is 15.0 Å². The van der Waals surface area contributed by atoms with Crippen molar-refractivity contribution in [3.63, 3.8) is 0 Å². The van der Waals surface area contributed by atoms with Crippen LogP contribution in [-0.2, 0) is 17.7 Å². The van der Waals surface area contributed by atoms with E-state index in [1.54, 1.807) is 7.11 Å². The molecule has 0 aromatic carbocycles. The van der Waals surface area contributed by atoms with Gasteiger partial charge in [-0.2, -0.15) is 0 Å². The highest BCUT2D eigenvalue weighted by molar-refractivity contribution is 7.15. The lowest BCUT2D eigenvalue weighted by Crippen LogP contribution is -2.27. The minimum atomic E-state index is 0.710. The Bertz CT molecular complexity index is 395. The Kier molecular flexibility index (Phi) is 8.88. The van der Waals surface area contributed by atoms with Crippen molar-refractivity contribution in [1.29, 1.82) is 0 Å².